The third-order valence-electron chi connectivity index (χ3n) is 7.92. The number of carbonyl (C=O) groups excluding carboxylic acids is 1. The first-order valence-electron chi connectivity index (χ1n) is 14.0. The van der Waals surface area contributed by atoms with E-state index in [-0.39, 0.29) is 5.56 Å². The summed E-state index contributed by atoms with van der Waals surface area (Å²) in [6, 6.07) is 25.8. The van der Waals surface area contributed by atoms with Crippen LogP contribution in [-0.4, -0.2) is 35.2 Å². The van der Waals surface area contributed by atoms with E-state index in [0.717, 1.165) is 74.6 Å². The van der Waals surface area contributed by atoms with Crippen LogP contribution in [0.1, 0.15) is 32.6 Å². The number of nitrogens with one attached hydrogen (secondary N) is 2. The molecule has 0 atom stereocenters. The van der Waals surface area contributed by atoms with Crippen LogP contribution >= 0.6 is 0 Å². The third-order valence-corrected chi connectivity index (χ3v) is 7.92. The van der Waals surface area contributed by atoms with E-state index in [1.54, 1.807) is 6.07 Å². The highest BCUT2D eigenvalue weighted by Gasteiger charge is 2.18. The second-order valence-electron chi connectivity index (χ2n) is 10.5. The zero-order valence-corrected chi connectivity index (χ0v) is 23.6. The number of benzene rings is 4. The second kappa shape index (κ2) is 10.5. The van der Waals surface area contributed by atoms with Gasteiger partial charge in [-0.15, -0.1) is 0 Å². The van der Waals surface area contributed by atoms with Crippen LogP contribution in [0.15, 0.2) is 88.4 Å². The number of nitrogens with zero attached hydrogens (tertiary/aromatic N) is 4. The highest BCUT2D eigenvalue weighted by molar-refractivity contribution is 6.04. The molecule has 2 N–H and O–H groups in total. The van der Waals surface area contributed by atoms with Crippen molar-refractivity contribution in [1.29, 1.82) is 5.26 Å². The molecule has 0 saturated carbocycles. The maximum absolute atomic E-state index is 11.4. The Morgan fingerprint density at radius 1 is 0.977 bits per heavy atom. The summed E-state index contributed by atoms with van der Waals surface area (Å²) in [4.78, 5) is 25.2. The Labute approximate surface area is 247 Å². The lowest BCUT2D eigenvalue weighted by molar-refractivity contribution is 0.112. The summed E-state index contributed by atoms with van der Waals surface area (Å²) in [6.45, 7) is 5.80. The molecule has 208 valence electrons. The second-order valence-corrected chi connectivity index (χ2v) is 10.5. The number of aliphatic imine (C=N–C) groups is 1. The zero-order chi connectivity index (χ0) is 29.5. The molecule has 43 heavy (non-hydrogen) atoms. The van der Waals surface area contributed by atoms with Crippen LogP contribution in [0.2, 0.25) is 0 Å². The Balaban J connectivity index is 1.26. The number of aromatic nitrogens is 2. The van der Waals surface area contributed by atoms with Gasteiger partial charge in [0.1, 0.15) is 29.5 Å². The van der Waals surface area contributed by atoms with Gasteiger partial charge in [-0.3, -0.25) is 9.79 Å². The van der Waals surface area contributed by atoms with E-state index in [4.69, 9.17) is 4.42 Å². The number of hydrogen-bond donors (Lipinski definition) is 2. The summed E-state index contributed by atoms with van der Waals surface area (Å²) in [5.41, 5.74) is 8.52. The number of nitriles is 1. The molecule has 0 bridgehead atoms. The smallest absolute Gasteiger partial charge is 0.227 e. The number of carbonyl (C=O) groups is 1. The summed E-state index contributed by atoms with van der Waals surface area (Å²) in [5.74, 6) is 2.12. The average molecular weight is 563 g/mol. The SMILES string of the molecule is Cc1c(Nc2nccc3cc(C4=NCCN4)ccc23)cccc1-c1cccc(-c2nc3cc(C=O)cc(C#N)c3o2)c1C. The van der Waals surface area contributed by atoms with E-state index in [9.17, 15) is 10.1 Å². The molecule has 1 aliphatic rings. The summed E-state index contributed by atoms with van der Waals surface area (Å²) in [5, 5.41) is 18.6. The molecule has 7 rings (SSSR count). The summed E-state index contributed by atoms with van der Waals surface area (Å²) < 4.78 is 6.08. The molecular weight excluding hydrogens is 536 g/mol. The van der Waals surface area contributed by atoms with Gasteiger partial charge in [-0.2, -0.15) is 5.26 Å². The van der Waals surface area contributed by atoms with Crippen LogP contribution in [0.25, 0.3) is 44.5 Å². The van der Waals surface area contributed by atoms with Crippen molar-refractivity contribution in [2.24, 2.45) is 4.99 Å². The van der Waals surface area contributed by atoms with Crippen molar-refractivity contribution in [1.82, 2.24) is 15.3 Å². The molecule has 0 unspecified atom stereocenters. The van der Waals surface area contributed by atoms with Crippen molar-refractivity contribution < 1.29 is 9.21 Å². The highest BCUT2D eigenvalue weighted by Crippen LogP contribution is 2.37. The Morgan fingerprint density at radius 2 is 1.79 bits per heavy atom. The van der Waals surface area contributed by atoms with Crippen LogP contribution in [0.4, 0.5) is 11.5 Å². The van der Waals surface area contributed by atoms with E-state index in [1.807, 2.05) is 37.4 Å². The first-order chi connectivity index (χ1) is 21.0. The predicted molar refractivity (Wildman–Crippen MR) is 169 cm³/mol. The molecule has 0 aliphatic carbocycles. The van der Waals surface area contributed by atoms with Crippen LogP contribution in [0.5, 0.6) is 0 Å². The standard InChI is InChI=1S/C35H26N6O2/c1-20-26(5-3-7-28(20)35-41-31-16-22(19-42)15-25(18-36)32(31)43-35)27-6-4-8-30(21(27)2)40-34-29-10-9-24(33-38-13-14-39-33)17-23(29)11-12-37-34/h3-12,15-17,19H,13-14H2,1-2H3,(H,37,40)(H,38,39). The molecule has 0 fully saturated rings. The first-order valence-corrected chi connectivity index (χ1v) is 14.0. The zero-order valence-electron chi connectivity index (χ0n) is 23.6. The minimum absolute atomic E-state index is 0.281. The number of pyridine rings is 1. The molecule has 2 aromatic heterocycles. The molecule has 6 aromatic rings. The minimum atomic E-state index is 0.281. The molecule has 3 heterocycles. The van der Waals surface area contributed by atoms with Gasteiger partial charge in [0.2, 0.25) is 5.89 Å². The van der Waals surface area contributed by atoms with Crippen molar-refractivity contribution in [2.45, 2.75) is 13.8 Å². The topological polar surface area (TPSA) is 116 Å². The van der Waals surface area contributed by atoms with E-state index in [0.29, 0.717) is 28.8 Å². The van der Waals surface area contributed by atoms with Crippen molar-refractivity contribution in [3.05, 3.63) is 107 Å². The fraction of sp³-hybridized carbons (Fsp3) is 0.114. The number of rotatable bonds is 6. The van der Waals surface area contributed by atoms with Gasteiger partial charge in [0.25, 0.3) is 0 Å². The molecule has 4 aromatic carbocycles. The monoisotopic (exact) mass is 562 g/mol. The molecule has 0 amide bonds. The van der Waals surface area contributed by atoms with Gasteiger partial charge in [0.05, 0.1) is 12.1 Å². The normalized spacial score (nSPS) is 12.6. The number of amidine groups is 1. The first kappa shape index (κ1) is 26.1. The maximum Gasteiger partial charge on any atom is 0.227 e. The van der Waals surface area contributed by atoms with Crippen LogP contribution in [-0.2, 0) is 0 Å². The third kappa shape index (κ3) is 4.57. The Bertz CT molecular complexity index is 2150. The van der Waals surface area contributed by atoms with Crippen molar-refractivity contribution in [3.63, 3.8) is 0 Å². The molecule has 0 saturated heterocycles. The van der Waals surface area contributed by atoms with Gasteiger partial charge in [0, 0.05) is 40.5 Å². The van der Waals surface area contributed by atoms with Crippen molar-refractivity contribution in [3.8, 4) is 28.7 Å². The molecular formula is C35H26N6O2. The Hall–Kier alpha value is -5.81. The van der Waals surface area contributed by atoms with E-state index in [1.165, 1.54) is 6.07 Å². The Kier molecular flexibility index (Phi) is 6.40. The molecule has 8 heteroatoms. The van der Waals surface area contributed by atoms with Crippen molar-refractivity contribution in [2.75, 3.05) is 18.4 Å². The predicted octanol–water partition coefficient (Wildman–Crippen LogP) is 7.10. The number of hydrogen-bond acceptors (Lipinski definition) is 8. The van der Waals surface area contributed by atoms with Gasteiger partial charge in [0.15, 0.2) is 5.58 Å². The fourth-order valence-electron chi connectivity index (χ4n) is 5.69. The lowest BCUT2D eigenvalue weighted by atomic mass is 9.93. The van der Waals surface area contributed by atoms with Gasteiger partial charge in [-0.1, -0.05) is 30.3 Å². The highest BCUT2D eigenvalue weighted by atomic mass is 16.3. The minimum Gasteiger partial charge on any atom is -0.435 e. The largest absolute Gasteiger partial charge is 0.435 e. The molecule has 8 nitrogen and oxygen atoms in total. The molecule has 0 radical (unpaired) electrons. The summed E-state index contributed by atoms with van der Waals surface area (Å²) >= 11 is 0. The molecule has 1 aliphatic heterocycles. The van der Waals surface area contributed by atoms with Gasteiger partial charge in [-0.25, -0.2) is 9.97 Å². The summed E-state index contributed by atoms with van der Waals surface area (Å²) in [6.07, 6.45) is 2.53. The van der Waals surface area contributed by atoms with Crippen LogP contribution in [0, 0.1) is 25.2 Å². The van der Waals surface area contributed by atoms with Crippen LogP contribution in [0.3, 0.4) is 0 Å². The number of oxazole rings is 1. The van der Waals surface area contributed by atoms with Gasteiger partial charge in [-0.05, 0) is 84.0 Å². The number of anilines is 2. The average Bonchev–Trinajstić information content (AvgIpc) is 3.73. The van der Waals surface area contributed by atoms with Crippen LogP contribution < -0.4 is 10.6 Å². The van der Waals surface area contributed by atoms with E-state index in [2.05, 4.69) is 75.0 Å². The molecule has 0 spiro atoms. The van der Waals surface area contributed by atoms with E-state index >= 15 is 0 Å². The lowest BCUT2D eigenvalue weighted by Crippen LogP contribution is -2.19. The maximum atomic E-state index is 11.4. The number of aldehydes is 1. The fourth-order valence-corrected chi connectivity index (χ4v) is 5.69. The lowest BCUT2D eigenvalue weighted by Gasteiger charge is -2.17. The number of fused-ring (bicyclic) bond motifs is 2. The van der Waals surface area contributed by atoms with Gasteiger partial charge >= 0.3 is 0 Å². The van der Waals surface area contributed by atoms with E-state index < -0.39 is 0 Å². The summed E-state index contributed by atoms with van der Waals surface area (Å²) in [7, 11) is 0. The Morgan fingerprint density at radius 3 is 2.58 bits per heavy atom. The quantitative estimate of drug-likeness (QED) is 0.208. The van der Waals surface area contributed by atoms with Gasteiger partial charge < -0.3 is 15.1 Å². The van der Waals surface area contributed by atoms with Crippen molar-refractivity contribution >= 4 is 45.5 Å².